The molecule has 0 fully saturated rings. The molecule has 1 unspecified atom stereocenters. The highest BCUT2D eigenvalue weighted by molar-refractivity contribution is 6.03. The molecule has 40 heavy (non-hydrogen) atoms. The van der Waals surface area contributed by atoms with Gasteiger partial charge < -0.3 is 21.5 Å². The first-order valence-electron chi connectivity index (χ1n) is 12.5. The van der Waals surface area contributed by atoms with Gasteiger partial charge in [0.05, 0.1) is 18.7 Å². The quantitative estimate of drug-likeness (QED) is 0.272. The number of nitrogens with two attached hydrogens (primary N) is 2. The minimum Gasteiger partial charge on any atom is -0.496 e. The number of hydrogen-bond acceptors (Lipinski definition) is 6. The minimum atomic E-state index is -0.958. The van der Waals surface area contributed by atoms with Crippen LogP contribution in [0.3, 0.4) is 0 Å². The van der Waals surface area contributed by atoms with Crippen LogP contribution >= 0.6 is 0 Å². The largest absolute Gasteiger partial charge is 0.496 e. The Balaban J connectivity index is 1.89. The highest BCUT2D eigenvalue weighted by Gasteiger charge is 2.28. The molecule has 0 saturated carbocycles. The summed E-state index contributed by atoms with van der Waals surface area (Å²) < 4.78 is 62.0. The predicted octanol–water partition coefficient (Wildman–Crippen LogP) is 3.64. The van der Waals surface area contributed by atoms with E-state index in [2.05, 4.69) is 10.4 Å². The highest BCUT2D eigenvalue weighted by atomic mass is 19.1. The second kappa shape index (κ2) is 13.3. The summed E-state index contributed by atoms with van der Waals surface area (Å²) in [4.78, 5) is 26.5. The Bertz CT molecular complexity index is 1360. The number of amides is 2. The van der Waals surface area contributed by atoms with Crippen LogP contribution in [0.2, 0.25) is 0 Å². The van der Waals surface area contributed by atoms with Gasteiger partial charge in [0, 0.05) is 36.8 Å². The smallest absolute Gasteiger partial charge is 0.255 e. The van der Waals surface area contributed by atoms with Crippen LogP contribution in [0.4, 0.5) is 23.4 Å². The van der Waals surface area contributed by atoms with Crippen LogP contribution in [-0.4, -0.2) is 66.1 Å². The van der Waals surface area contributed by atoms with Gasteiger partial charge in [0.15, 0.2) is 0 Å². The number of alkyl halides is 2. The summed E-state index contributed by atoms with van der Waals surface area (Å²) in [5, 5.41) is 6.81. The van der Waals surface area contributed by atoms with Gasteiger partial charge in [0.25, 0.3) is 11.8 Å². The molecule has 2 aromatic carbocycles. The first-order valence-corrected chi connectivity index (χ1v) is 12.5. The number of nitrogen functional groups attached to an aromatic ring is 1. The Hall–Kier alpha value is -4.13. The topological polar surface area (TPSA) is 128 Å². The Kier molecular flexibility index (Phi) is 10.1. The second-order valence-corrected chi connectivity index (χ2v) is 9.34. The number of anilines is 1. The van der Waals surface area contributed by atoms with Crippen molar-refractivity contribution in [3.8, 4) is 17.0 Å². The maximum atomic E-state index is 15.1. The molecule has 0 saturated heterocycles. The number of carbonyl (C=O) groups is 2. The summed E-state index contributed by atoms with van der Waals surface area (Å²) >= 11 is 0. The summed E-state index contributed by atoms with van der Waals surface area (Å²) in [5.41, 5.74) is 11.6. The number of nitrogens with zero attached hydrogens (tertiary/aromatic N) is 3. The fourth-order valence-corrected chi connectivity index (χ4v) is 4.27. The molecular formula is C27H32F4N6O3. The molecule has 0 aliphatic heterocycles. The van der Waals surface area contributed by atoms with Gasteiger partial charge in [-0.15, -0.1) is 0 Å². The van der Waals surface area contributed by atoms with Gasteiger partial charge in [-0.1, -0.05) is 12.1 Å². The van der Waals surface area contributed by atoms with Crippen LogP contribution in [0, 0.1) is 11.6 Å². The van der Waals surface area contributed by atoms with E-state index in [4.69, 9.17) is 16.2 Å². The third-order valence-electron chi connectivity index (χ3n) is 6.44. The van der Waals surface area contributed by atoms with E-state index in [0.29, 0.717) is 0 Å². The number of methoxy groups -OCH3 is 1. The lowest BCUT2D eigenvalue weighted by Gasteiger charge is -2.29. The molecule has 3 aromatic rings. The average Bonchev–Trinajstić information content (AvgIpc) is 3.26. The molecule has 1 atom stereocenters. The van der Waals surface area contributed by atoms with Crippen LogP contribution in [0.15, 0.2) is 36.4 Å². The molecule has 0 aliphatic rings. The summed E-state index contributed by atoms with van der Waals surface area (Å²) in [6.07, 6.45) is 0. The number of hydrogen-bond donors (Lipinski definition) is 3. The van der Waals surface area contributed by atoms with Crippen molar-refractivity contribution in [1.29, 1.82) is 0 Å². The third kappa shape index (κ3) is 6.71. The zero-order valence-electron chi connectivity index (χ0n) is 22.4. The zero-order valence-corrected chi connectivity index (χ0v) is 22.4. The standard InChI is InChI=1S/C27H32F4N6O3/c1-15(2)36(9-8-28)14-19(12-29)37-25(32)23(26(33)38)24(35-37)16-4-5-17(21(31)10-16)13-34-27(39)20-11-18(30)6-7-22(20)40-3/h4-7,10-11,15,19H,8-9,12-14,32H2,1-3H3,(H2,33,38)(H,34,39). The molecular weight excluding hydrogens is 532 g/mol. The molecule has 13 heteroatoms. The molecule has 0 bridgehead atoms. The van der Waals surface area contributed by atoms with Crippen molar-refractivity contribution in [3.63, 3.8) is 0 Å². The number of primary amides is 1. The lowest BCUT2D eigenvalue weighted by molar-refractivity contribution is 0.0945. The number of ether oxygens (including phenoxy) is 1. The molecule has 0 aliphatic carbocycles. The van der Waals surface area contributed by atoms with Crippen LogP contribution in [0.25, 0.3) is 11.3 Å². The lowest BCUT2D eigenvalue weighted by atomic mass is 10.0. The van der Waals surface area contributed by atoms with E-state index >= 15 is 4.39 Å². The highest BCUT2D eigenvalue weighted by Crippen LogP contribution is 2.31. The Labute approximate surface area is 229 Å². The minimum absolute atomic E-state index is 0.0518. The Morgan fingerprint density at radius 3 is 2.45 bits per heavy atom. The molecule has 2 amide bonds. The average molecular weight is 565 g/mol. The predicted molar refractivity (Wildman–Crippen MR) is 142 cm³/mol. The summed E-state index contributed by atoms with van der Waals surface area (Å²) in [7, 11) is 1.33. The van der Waals surface area contributed by atoms with Crippen molar-refractivity contribution in [2.24, 2.45) is 5.73 Å². The van der Waals surface area contributed by atoms with E-state index in [1.165, 1.54) is 25.3 Å². The second-order valence-electron chi connectivity index (χ2n) is 9.34. The van der Waals surface area contributed by atoms with Gasteiger partial charge >= 0.3 is 0 Å². The first kappa shape index (κ1) is 30.4. The van der Waals surface area contributed by atoms with E-state index in [1.807, 2.05) is 13.8 Å². The number of aromatic nitrogens is 2. The van der Waals surface area contributed by atoms with Gasteiger partial charge in [-0.2, -0.15) is 5.10 Å². The molecule has 5 N–H and O–H groups in total. The monoisotopic (exact) mass is 564 g/mol. The first-order chi connectivity index (χ1) is 19.0. The molecule has 3 rings (SSSR count). The summed E-state index contributed by atoms with van der Waals surface area (Å²) in [6.45, 7) is 2.00. The van der Waals surface area contributed by atoms with E-state index in [1.54, 1.807) is 4.90 Å². The maximum absolute atomic E-state index is 15.1. The Morgan fingerprint density at radius 2 is 1.88 bits per heavy atom. The van der Waals surface area contributed by atoms with E-state index in [9.17, 15) is 22.8 Å². The number of rotatable bonds is 13. The van der Waals surface area contributed by atoms with Crippen LogP contribution in [-0.2, 0) is 6.54 Å². The summed E-state index contributed by atoms with van der Waals surface area (Å²) in [6, 6.07) is 6.28. The normalized spacial score (nSPS) is 12.1. The van der Waals surface area contributed by atoms with E-state index in [-0.39, 0.29) is 65.2 Å². The molecule has 1 aromatic heterocycles. The van der Waals surface area contributed by atoms with Gasteiger partial charge in [0.1, 0.15) is 47.8 Å². The molecule has 1 heterocycles. The summed E-state index contributed by atoms with van der Waals surface area (Å²) in [5.74, 6) is -3.06. The van der Waals surface area contributed by atoms with Crippen LogP contribution in [0.1, 0.15) is 46.2 Å². The fourth-order valence-electron chi connectivity index (χ4n) is 4.27. The number of halogens is 4. The molecule has 216 valence electrons. The van der Waals surface area contributed by atoms with Crippen LogP contribution < -0.4 is 21.5 Å². The van der Waals surface area contributed by atoms with Crippen molar-refractivity contribution in [3.05, 3.63) is 64.7 Å². The van der Waals surface area contributed by atoms with E-state index < -0.39 is 42.8 Å². The molecule has 9 nitrogen and oxygen atoms in total. The van der Waals surface area contributed by atoms with Gasteiger partial charge in [-0.3, -0.25) is 14.5 Å². The number of carbonyl (C=O) groups excluding carboxylic acids is 2. The Morgan fingerprint density at radius 1 is 1.15 bits per heavy atom. The van der Waals surface area contributed by atoms with Crippen molar-refractivity contribution in [1.82, 2.24) is 20.0 Å². The van der Waals surface area contributed by atoms with Crippen molar-refractivity contribution < 1.29 is 31.9 Å². The number of benzene rings is 2. The zero-order chi connectivity index (χ0) is 29.6. The number of nitrogens with one attached hydrogen (secondary N) is 1. The van der Waals surface area contributed by atoms with Crippen molar-refractivity contribution >= 4 is 17.6 Å². The van der Waals surface area contributed by atoms with Crippen molar-refractivity contribution in [2.75, 3.05) is 39.3 Å². The molecule has 0 spiro atoms. The van der Waals surface area contributed by atoms with Gasteiger partial charge in [-0.05, 0) is 38.1 Å². The van der Waals surface area contributed by atoms with E-state index in [0.717, 1.165) is 22.9 Å². The lowest BCUT2D eigenvalue weighted by Crippen LogP contribution is -2.39. The molecule has 0 radical (unpaired) electrons. The van der Waals surface area contributed by atoms with Gasteiger partial charge in [0.2, 0.25) is 0 Å². The fraction of sp³-hybridized carbons (Fsp3) is 0.370. The van der Waals surface area contributed by atoms with Crippen LogP contribution in [0.5, 0.6) is 5.75 Å². The third-order valence-corrected chi connectivity index (χ3v) is 6.44. The SMILES string of the molecule is COc1ccc(F)cc1C(=O)NCc1ccc(-c2nn(C(CF)CN(CCF)C(C)C)c(N)c2C(N)=O)cc1F. The van der Waals surface area contributed by atoms with Crippen molar-refractivity contribution in [2.45, 2.75) is 32.5 Å². The maximum Gasteiger partial charge on any atom is 0.255 e. The van der Waals surface area contributed by atoms with Gasteiger partial charge in [-0.25, -0.2) is 22.2 Å².